The number of amides is 3. The Hall–Kier alpha value is -3.84. The maximum Gasteiger partial charge on any atom is 0.256 e. The zero-order valence-corrected chi connectivity index (χ0v) is 25.0. The molecule has 1 atom stereocenters. The van der Waals surface area contributed by atoms with Crippen LogP contribution in [-0.2, 0) is 4.79 Å². The van der Waals surface area contributed by atoms with Crippen molar-refractivity contribution < 1.29 is 14.4 Å². The van der Waals surface area contributed by atoms with Crippen molar-refractivity contribution in [2.75, 3.05) is 49.5 Å². The normalized spacial score (nSPS) is 16.5. The Bertz CT molecular complexity index is 1390. The second kappa shape index (κ2) is 13.9. The summed E-state index contributed by atoms with van der Waals surface area (Å²) in [5.41, 5.74) is 3.54. The van der Waals surface area contributed by atoms with Crippen LogP contribution in [0, 0.1) is 0 Å². The van der Waals surface area contributed by atoms with Gasteiger partial charge in [0.15, 0.2) is 0 Å². The Balaban J connectivity index is 1.36. The molecule has 7 nitrogen and oxygen atoms in total. The highest BCUT2D eigenvalue weighted by molar-refractivity contribution is 6.30. The Morgan fingerprint density at radius 3 is 2.21 bits per heavy atom. The molecule has 2 heterocycles. The molecule has 2 aliphatic heterocycles. The van der Waals surface area contributed by atoms with Crippen molar-refractivity contribution in [2.45, 2.75) is 44.9 Å². The summed E-state index contributed by atoms with van der Waals surface area (Å²) in [6.07, 6.45) is 4.68. The van der Waals surface area contributed by atoms with E-state index in [9.17, 15) is 14.4 Å². The summed E-state index contributed by atoms with van der Waals surface area (Å²) in [5.74, 6) is -0.267. The Labute approximate surface area is 253 Å². The molecule has 0 radical (unpaired) electrons. The third-order valence-corrected chi connectivity index (χ3v) is 8.54. The number of rotatable bonds is 7. The second-order valence-corrected chi connectivity index (χ2v) is 11.5. The van der Waals surface area contributed by atoms with Gasteiger partial charge in [0, 0.05) is 61.2 Å². The van der Waals surface area contributed by atoms with Crippen LogP contribution in [0.2, 0.25) is 5.02 Å². The van der Waals surface area contributed by atoms with Gasteiger partial charge in [-0.05, 0) is 80.1 Å². The zero-order valence-electron chi connectivity index (χ0n) is 24.2. The third-order valence-electron chi connectivity index (χ3n) is 8.29. The predicted molar refractivity (Wildman–Crippen MR) is 168 cm³/mol. The summed E-state index contributed by atoms with van der Waals surface area (Å²) in [6.45, 7) is 6.18. The minimum Gasteiger partial charge on any atom is -0.369 e. The van der Waals surface area contributed by atoms with Gasteiger partial charge in [-0.15, -0.1) is 0 Å². The monoisotopic (exact) mass is 586 g/mol. The van der Waals surface area contributed by atoms with E-state index in [0.29, 0.717) is 41.5 Å². The molecule has 0 spiro atoms. The number of piperidine rings is 1. The van der Waals surface area contributed by atoms with Gasteiger partial charge in [0.2, 0.25) is 5.91 Å². The molecule has 0 aliphatic carbocycles. The first-order valence-electron chi connectivity index (χ1n) is 15.0. The third kappa shape index (κ3) is 6.96. The van der Waals surface area contributed by atoms with Crippen molar-refractivity contribution in [1.29, 1.82) is 0 Å². The molecule has 220 valence electrons. The zero-order chi connectivity index (χ0) is 29.5. The number of hydrogen-bond acceptors (Lipinski definition) is 4. The molecule has 5 rings (SSSR count). The van der Waals surface area contributed by atoms with Crippen LogP contribution in [0.3, 0.4) is 0 Å². The molecule has 3 aromatic rings. The van der Waals surface area contributed by atoms with Gasteiger partial charge in [-0.3, -0.25) is 14.4 Å². The van der Waals surface area contributed by atoms with Gasteiger partial charge in [-0.25, -0.2) is 0 Å². The first-order valence-corrected chi connectivity index (χ1v) is 15.4. The van der Waals surface area contributed by atoms with E-state index < -0.39 is 0 Å². The molecule has 2 aliphatic rings. The van der Waals surface area contributed by atoms with Gasteiger partial charge in [0.25, 0.3) is 11.8 Å². The summed E-state index contributed by atoms with van der Waals surface area (Å²) in [4.78, 5) is 46.5. The first kappa shape index (κ1) is 29.6. The van der Waals surface area contributed by atoms with Gasteiger partial charge in [-0.2, -0.15) is 0 Å². The number of hydrogen-bond donors (Lipinski definition) is 1. The lowest BCUT2D eigenvalue weighted by atomic mass is 9.95. The minimum absolute atomic E-state index is 0.0143. The standard InChI is InChI=1S/C34H39ClN4O3/c1-2-29(25-10-5-3-6-11-25)33(41)39-21-9-20-37(22-23-39)31-17-16-28(36-32(40)26-12-14-27(35)15-13-26)24-30(31)34(42)38-18-7-4-8-19-38/h3,5-6,10-17,24,29H,2,4,7-9,18-23H2,1H3,(H,36,40)/t29-/m0/s1. The molecule has 0 saturated carbocycles. The number of halogens is 1. The molecule has 1 N–H and O–H groups in total. The van der Waals surface area contributed by atoms with E-state index in [0.717, 1.165) is 63.0 Å². The van der Waals surface area contributed by atoms with Crippen LogP contribution >= 0.6 is 11.6 Å². The highest BCUT2D eigenvalue weighted by Crippen LogP contribution is 2.29. The summed E-state index contributed by atoms with van der Waals surface area (Å²) >= 11 is 5.99. The molecule has 2 fully saturated rings. The average Bonchev–Trinajstić information content (AvgIpc) is 3.29. The predicted octanol–water partition coefficient (Wildman–Crippen LogP) is 6.45. The van der Waals surface area contributed by atoms with Gasteiger partial charge in [0.1, 0.15) is 0 Å². The number of likely N-dealkylation sites (tertiary alicyclic amines) is 1. The number of benzene rings is 3. The lowest BCUT2D eigenvalue weighted by Crippen LogP contribution is -2.39. The molecule has 2 saturated heterocycles. The molecular formula is C34H39ClN4O3. The van der Waals surface area contributed by atoms with Crippen LogP contribution < -0.4 is 10.2 Å². The molecule has 3 amide bonds. The summed E-state index contributed by atoms with van der Waals surface area (Å²) in [7, 11) is 0. The molecule has 0 unspecified atom stereocenters. The fourth-order valence-electron chi connectivity index (χ4n) is 5.97. The first-order chi connectivity index (χ1) is 20.4. The minimum atomic E-state index is -0.261. The molecule has 42 heavy (non-hydrogen) atoms. The van der Waals surface area contributed by atoms with Crippen LogP contribution in [0.4, 0.5) is 11.4 Å². The maximum atomic E-state index is 13.9. The van der Waals surface area contributed by atoms with Crippen LogP contribution in [0.1, 0.15) is 71.2 Å². The highest BCUT2D eigenvalue weighted by Gasteiger charge is 2.29. The number of nitrogens with one attached hydrogen (secondary N) is 1. The topological polar surface area (TPSA) is 73.0 Å². The molecular weight excluding hydrogens is 548 g/mol. The van der Waals surface area contributed by atoms with Crippen molar-refractivity contribution in [3.05, 3.63) is 94.5 Å². The van der Waals surface area contributed by atoms with E-state index in [-0.39, 0.29) is 23.6 Å². The number of carbonyl (C=O) groups is 3. The molecule has 8 heteroatoms. The van der Waals surface area contributed by atoms with Gasteiger partial charge in [-0.1, -0.05) is 48.9 Å². The van der Waals surface area contributed by atoms with E-state index in [1.807, 2.05) is 52.3 Å². The Morgan fingerprint density at radius 1 is 0.786 bits per heavy atom. The average molecular weight is 587 g/mol. The lowest BCUT2D eigenvalue weighted by Gasteiger charge is -2.31. The van der Waals surface area contributed by atoms with Crippen molar-refractivity contribution in [3.63, 3.8) is 0 Å². The number of nitrogens with zero attached hydrogens (tertiary/aromatic N) is 3. The van der Waals surface area contributed by atoms with Crippen molar-refractivity contribution in [1.82, 2.24) is 9.80 Å². The van der Waals surface area contributed by atoms with Crippen molar-refractivity contribution in [3.8, 4) is 0 Å². The van der Waals surface area contributed by atoms with E-state index >= 15 is 0 Å². The second-order valence-electron chi connectivity index (χ2n) is 11.1. The van der Waals surface area contributed by atoms with Crippen LogP contribution in [-0.4, -0.2) is 66.8 Å². The SMILES string of the molecule is CC[C@H](C(=O)N1CCCN(c2ccc(NC(=O)c3ccc(Cl)cc3)cc2C(=O)N2CCCCC2)CC1)c1ccccc1. The van der Waals surface area contributed by atoms with Crippen LogP contribution in [0.25, 0.3) is 0 Å². The summed E-state index contributed by atoms with van der Waals surface area (Å²) in [6, 6.07) is 22.3. The van der Waals surface area contributed by atoms with E-state index in [2.05, 4.69) is 17.1 Å². The highest BCUT2D eigenvalue weighted by atomic mass is 35.5. The number of carbonyl (C=O) groups excluding carboxylic acids is 3. The maximum absolute atomic E-state index is 13.9. The van der Waals surface area contributed by atoms with Crippen molar-refractivity contribution in [2.24, 2.45) is 0 Å². The van der Waals surface area contributed by atoms with Crippen LogP contribution in [0.15, 0.2) is 72.8 Å². The Kier molecular flexibility index (Phi) is 9.80. The van der Waals surface area contributed by atoms with E-state index in [1.54, 1.807) is 30.3 Å². The quantitative estimate of drug-likeness (QED) is 0.345. The fourth-order valence-corrected chi connectivity index (χ4v) is 6.10. The molecule has 0 bridgehead atoms. The fraction of sp³-hybridized carbons (Fsp3) is 0.382. The largest absolute Gasteiger partial charge is 0.369 e. The van der Waals surface area contributed by atoms with Crippen molar-refractivity contribution >= 4 is 40.7 Å². The Morgan fingerprint density at radius 2 is 1.50 bits per heavy atom. The molecule has 0 aromatic heterocycles. The van der Waals surface area contributed by atoms with Gasteiger partial charge >= 0.3 is 0 Å². The van der Waals surface area contributed by atoms with Gasteiger partial charge in [0.05, 0.1) is 11.5 Å². The van der Waals surface area contributed by atoms with Crippen LogP contribution in [0.5, 0.6) is 0 Å². The summed E-state index contributed by atoms with van der Waals surface area (Å²) in [5, 5.41) is 3.51. The lowest BCUT2D eigenvalue weighted by molar-refractivity contribution is -0.132. The van der Waals surface area contributed by atoms with Gasteiger partial charge < -0.3 is 20.0 Å². The smallest absolute Gasteiger partial charge is 0.256 e. The van der Waals surface area contributed by atoms with E-state index in [1.165, 1.54) is 0 Å². The number of anilines is 2. The molecule has 3 aromatic carbocycles. The summed E-state index contributed by atoms with van der Waals surface area (Å²) < 4.78 is 0. The van der Waals surface area contributed by atoms with E-state index in [4.69, 9.17) is 11.6 Å².